The number of esters is 3. The van der Waals surface area contributed by atoms with Gasteiger partial charge in [-0.15, -0.1) is 0 Å². The SMILES string of the molecule is CC(=O)O[C@H]1CC(=O)[C@H](C)[C@@H]2[C@H](O)[C@]34O[C@@]3(C)C(=O)O[C@H]4/C=C(/C)C[C@@H](O)[C@H](OC(C)=O)[C@]21C. The average Bonchev–Trinajstić information content (AvgIpc) is 3.31. The largest absolute Gasteiger partial charge is 0.461 e. The Bertz CT molecular complexity index is 973. The highest BCUT2D eigenvalue weighted by atomic mass is 16.7. The Kier molecular flexibility index (Phi) is 5.74. The Morgan fingerprint density at radius 3 is 2.26 bits per heavy atom. The van der Waals surface area contributed by atoms with Crippen LogP contribution in [-0.2, 0) is 38.1 Å². The van der Waals surface area contributed by atoms with Crippen LogP contribution in [-0.4, -0.2) is 75.6 Å². The van der Waals surface area contributed by atoms with E-state index in [4.69, 9.17) is 18.9 Å². The summed E-state index contributed by atoms with van der Waals surface area (Å²) in [7, 11) is 0. The molecule has 4 rings (SSSR count). The van der Waals surface area contributed by atoms with Crippen LogP contribution in [0.2, 0.25) is 0 Å². The Hall–Kier alpha value is -2.30. The maximum Gasteiger partial charge on any atom is 0.342 e. The van der Waals surface area contributed by atoms with Crippen LogP contribution in [0.1, 0.15) is 54.4 Å². The highest BCUT2D eigenvalue weighted by Gasteiger charge is 2.86. The third-order valence-corrected chi connectivity index (χ3v) is 8.28. The van der Waals surface area contributed by atoms with E-state index in [1.807, 2.05) is 0 Å². The van der Waals surface area contributed by atoms with Crippen molar-refractivity contribution in [2.75, 3.05) is 0 Å². The van der Waals surface area contributed by atoms with Crippen LogP contribution in [0.4, 0.5) is 0 Å². The minimum atomic E-state index is -1.48. The van der Waals surface area contributed by atoms with E-state index in [0.29, 0.717) is 5.57 Å². The molecule has 3 fully saturated rings. The number of rotatable bonds is 2. The Morgan fingerprint density at radius 2 is 1.71 bits per heavy atom. The third-order valence-electron chi connectivity index (χ3n) is 8.28. The molecule has 2 aliphatic carbocycles. The van der Waals surface area contributed by atoms with Gasteiger partial charge in [-0.1, -0.05) is 19.4 Å². The molecule has 0 amide bonds. The molecule has 0 aromatic rings. The van der Waals surface area contributed by atoms with Gasteiger partial charge in [0.1, 0.15) is 18.0 Å². The van der Waals surface area contributed by atoms with Crippen molar-refractivity contribution in [1.82, 2.24) is 0 Å². The lowest BCUT2D eigenvalue weighted by molar-refractivity contribution is -0.222. The normalized spacial score (nSPS) is 49.4. The lowest BCUT2D eigenvalue weighted by atomic mass is 9.53. The highest BCUT2D eigenvalue weighted by Crippen LogP contribution is 2.64. The molecule has 0 unspecified atom stereocenters. The molecule has 10 atom stereocenters. The lowest BCUT2D eigenvalue weighted by Gasteiger charge is -2.55. The van der Waals surface area contributed by atoms with Gasteiger partial charge in [0.25, 0.3) is 0 Å². The summed E-state index contributed by atoms with van der Waals surface area (Å²) in [6, 6.07) is 0. The number of hydrogen-bond donors (Lipinski definition) is 2. The van der Waals surface area contributed by atoms with Gasteiger partial charge in [-0.3, -0.25) is 14.4 Å². The van der Waals surface area contributed by atoms with Crippen LogP contribution < -0.4 is 0 Å². The van der Waals surface area contributed by atoms with Gasteiger partial charge >= 0.3 is 17.9 Å². The van der Waals surface area contributed by atoms with Crippen molar-refractivity contribution in [1.29, 1.82) is 0 Å². The number of hydrogen-bond acceptors (Lipinski definition) is 10. The molecule has 1 saturated carbocycles. The summed E-state index contributed by atoms with van der Waals surface area (Å²) < 4.78 is 22.7. The van der Waals surface area contributed by atoms with Crippen molar-refractivity contribution in [3.05, 3.63) is 11.6 Å². The second-order valence-electron chi connectivity index (χ2n) is 10.5. The summed E-state index contributed by atoms with van der Waals surface area (Å²) in [5.74, 6) is -4.04. The van der Waals surface area contributed by atoms with Crippen LogP contribution in [0.5, 0.6) is 0 Å². The summed E-state index contributed by atoms with van der Waals surface area (Å²) in [5.41, 5.74) is -3.69. The zero-order valence-corrected chi connectivity index (χ0v) is 20.2. The standard InChI is InChI=1S/C24H32O10/c1-10-7-15(28)20(32-13(4)26)22(5)16(31-12(3)25)9-14(27)11(2)18(22)19(29)24-17(8-10)33-21(30)23(24,6)34-24/h8,11,15-20,28-29H,7,9H2,1-6H3/b10-8-/t11-,15+,16-,17-,18+,19-,20-,22-,23-,24-/m0/s1. The quantitative estimate of drug-likeness (QED) is 0.249. The van der Waals surface area contributed by atoms with Crippen molar-refractivity contribution in [3.8, 4) is 0 Å². The number of Topliss-reactive ketones (excluding diaryl/α,β-unsaturated/α-hetero) is 1. The minimum absolute atomic E-state index is 0.0479. The summed E-state index contributed by atoms with van der Waals surface area (Å²) in [4.78, 5) is 49.9. The van der Waals surface area contributed by atoms with Crippen molar-refractivity contribution in [2.45, 2.75) is 96.1 Å². The van der Waals surface area contributed by atoms with Gasteiger partial charge in [0, 0.05) is 32.1 Å². The predicted octanol–water partition coefficient (Wildman–Crippen LogP) is 0.606. The molecule has 4 aliphatic rings. The van der Waals surface area contributed by atoms with E-state index in [-0.39, 0.29) is 18.6 Å². The fourth-order valence-electron chi connectivity index (χ4n) is 6.55. The maximum absolute atomic E-state index is 13.1. The number of epoxide rings is 1. The van der Waals surface area contributed by atoms with E-state index < -0.39 is 76.9 Å². The predicted molar refractivity (Wildman–Crippen MR) is 114 cm³/mol. The molecule has 0 aromatic heterocycles. The topological polar surface area (TPSA) is 149 Å². The van der Waals surface area contributed by atoms with Gasteiger partial charge in [0.2, 0.25) is 0 Å². The summed E-state index contributed by atoms with van der Waals surface area (Å²) >= 11 is 0. The van der Waals surface area contributed by atoms with E-state index in [1.54, 1.807) is 26.8 Å². The van der Waals surface area contributed by atoms with Crippen molar-refractivity contribution < 1.29 is 48.3 Å². The molecular formula is C24H32O10. The minimum Gasteiger partial charge on any atom is -0.461 e. The van der Waals surface area contributed by atoms with E-state index >= 15 is 0 Å². The molecule has 34 heavy (non-hydrogen) atoms. The maximum atomic E-state index is 13.1. The number of aliphatic hydroxyl groups excluding tert-OH is 2. The van der Waals surface area contributed by atoms with Crippen LogP contribution in [0.3, 0.4) is 0 Å². The van der Waals surface area contributed by atoms with Crippen LogP contribution >= 0.6 is 0 Å². The number of fused-ring (bicyclic) bond motifs is 1. The summed E-state index contributed by atoms with van der Waals surface area (Å²) in [5, 5.41) is 23.2. The molecule has 2 aliphatic heterocycles. The number of carbonyl (C=O) groups is 4. The van der Waals surface area contributed by atoms with Gasteiger partial charge in [0.05, 0.1) is 17.6 Å². The molecule has 2 N–H and O–H groups in total. The Labute approximate surface area is 197 Å². The lowest BCUT2D eigenvalue weighted by Crippen LogP contribution is -2.66. The molecular weight excluding hydrogens is 448 g/mol. The first-order valence-corrected chi connectivity index (χ1v) is 11.5. The first-order valence-electron chi connectivity index (χ1n) is 11.5. The number of ether oxygens (including phenoxy) is 4. The van der Waals surface area contributed by atoms with E-state index in [1.165, 1.54) is 20.8 Å². The Balaban J connectivity index is 1.96. The van der Waals surface area contributed by atoms with Gasteiger partial charge in [-0.05, 0) is 26.3 Å². The summed E-state index contributed by atoms with van der Waals surface area (Å²) in [6.07, 6.45) is -4.50. The van der Waals surface area contributed by atoms with Crippen LogP contribution in [0, 0.1) is 17.3 Å². The van der Waals surface area contributed by atoms with Gasteiger partial charge in [-0.2, -0.15) is 0 Å². The molecule has 10 heteroatoms. The monoisotopic (exact) mass is 480 g/mol. The van der Waals surface area contributed by atoms with Gasteiger partial charge < -0.3 is 29.2 Å². The molecule has 188 valence electrons. The third kappa shape index (κ3) is 3.25. The Morgan fingerprint density at radius 1 is 1.09 bits per heavy atom. The van der Waals surface area contributed by atoms with Crippen molar-refractivity contribution >= 4 is 23.7 Å². The summed E-state index contributed by atoms with van der Waals surface area (Å²) in [6.45, 7) is 8.91. The smallest absolute Gasteiger partial charge is 0.342 e. The van der Waals surface area contributed by atoms with Crippen LogP contribution in [0.15, 0.2) is 11.6 Å². The fraction of sp³-hybridized carbons (Fsp3) is 0.750. The molecule has 2 saturated heterocycles. The first kappa shape index (κ1) is 24.8. The van der Waals surface area contributed by atoms with Crippen molar-refractivity contribution in [2.24, 2.45) is 17.3 Å². The van der Waals surface area contributed by atoms with E-state index in [2.05, 4.69) is 0 Å². The molecule has 2 heterocycles. The zero-order chi connectivity index (χ0) is 25.4. The second kappa shape index (κ2) is 7.86. The molecule has 10 nitrogen and oxygen atoms in total. The molecule has 0 bridgehead atoms. The van der Waals surface area contributed by atoms with E-state index in [0.717, 1.165) is 0 Å². The highest BCUT2D eigenvalue weighted by molar-refractivity contribution is 5.89. The average molecular weight is 481 g/mol. The van der Waals surface area contributed by atoms with Gasteiger partial charge in [0.15, 0.2) is 17.3 Å². The van der Waals surface area contributed by atoms with Gasteiger partial charge in [-0.25, -0.2) is 4.79 Å². The number of ketones is 1. The van der Waals surface area contributed by atoms with E-state index in [9.17, 15) is 29.4 Å². The number of carbonyl (C=O) groups excluding carboxylic acids is 4. The molecule has 0 aromatic carbocycles. The second-order valence-corrected chi connectivity index (χ2v) is 10.5. The van der Waals surface area contributed by atoms with Crippen molar-refractivity contribution in [3.63, 3.8) is 0 Å². The van der Waals surface area contributed by atoms with Crippen LogP contribution in [0.25, 0.3) is 0 Å². The fourth-order valence-corrected chi connectivity index (χ4v) is 6.55. The molecule has 0 radical (unpaired) electrons. The molecule has 1 spiro atoms. The first-order chi connectivity index (χ1) is 15.7. The number of aliphatic hydroxyl groups is 2. The zero-order valence-electron chi connectivity index (χ0n) is 20.2.